The molecule has 0 unspecified atom stereocenters. The third kappa shape index (κ3) is 2.02. The minimum atomic E-state index is 0.0352. The summed E-state index contributed by atoms with van der Waals surface area (Å²) in [5, 5.41) is 2.86. The molecule has 1 aliphatic heterocycles. The fourth-order valence-electron chi connectivity index (χ4n) is 1.31. The van der Waals surface area contributed by atoms with Crippen molar-refractivity contribution in [1.29, 1.82) is 0 Å². The topological polar surface area (TPSA) is 45.2 Å². The summed E-state index contributed by atoms with van der Waals surface area (Å²) in [5.41, 5.74) is 1.08. The van der Waals surface area contributed by atoms with E-state index < -0.39 is 0 Å². The largest absolute Gasteiger partial charge is 0.334 e. The molecule has 0 radical (unpaired) electrons. The van der Waals surface area contributed by atoms with Gasteiger partial charge < -0.3 is 10.2 Å². The van der Waals surface area contributed by atoms with Gasteiger partial charge in [0.25, 0.3) is 0 Å². The highest BCUT2D eigenvalue weighted by Gasteiger charge is 2.19. The van der Waals surface area contributed by atoms with Crippen LogP contribution in [0.15, 0.2) is 24.5 Å². The normalized spacial score (nSPS) is 14.7. The smallest absolute Gasteiger partial charge is 0.317 e. The minimum Gasteiger partial charge on any atom is -0.334 e. The molecule has 1 aromatic rings. The first kappa shape index (κ1) is 8.99. The molecule has 4 nitrogen and oxygen atoms in total. The van der Waals surface area contributed by atoms with Gasteiger partial charge in [0.15, 0.2) is 0 Å². The number of aromatic nitrogens is 1. The van der Waals surface area contributed by atoms with E-state index in [9.17, 15) is 4.79 Å². The lowest BCUT2D eigenvalue weighted by Gasteiger charge is -2.30. The van der Waals surface area contributed by atoms with Gasteiger partial charge in [0.2, 0.25) is 0 Å². The van der Waals surface area contributed by atoms with E-state index in [4.69, 9.17) is 0 Å². The van der Waals surface area contributed by atoms with E-state index >= 15 is 0 Å². The zero-order chi connectivity index (χ0) is 9.80. The van der Waals surface area contributed by atoms with Crippen LogP contribution in [-0.2, 0) is 6.54 Å². The Morgan fingerprint density at radius 3 is 2.71 bits per heavy atom. The number of hydrogen-bond donors (Lipinski definition) is 1. The zero-order valence-electron chi connectivity index (χ0n) is 7.94. The molecule has 0 aliphatic carbocycles. The molecule has 1 fully saturated rings. The third-order valence-corrected chi connectivity index (χ3v) is 2.34. The number of amides is 2. The Morgan fingerprint density at radius 1 is 1.43 bits per heavy atom. The summed E-state index contributed by atoms with van der Waals surface area (Å²) in [7, 11) is 0. The van der Waals surface area contributed by atoms with Crippen LogP contribution in [0, 0.1) is 0 Å². The van der Waals surface area contributed by atoms with E-state index in [0.717, 1.165) is 25.1 Å². The van der Waals surface area contributed by atoms with Gasteiger partial charge in [-0.25, -0.2) is 4.79 Å². The number of carbonyl (C=O) groups is 1. The van der Waals surface area contributed by atoms with Crippen molar-refractivity contribution < 1.29 is 4.79 Å². The van der Waals surface area contributed by atoms with Crippen molar-refractivity contribution in [3.05, 3.63) is 30.1 Å². The lowest BCUT2D eigenvalue weighted by Crippen LogP contribution is -2.47. The number of nitrogens with one attached hydrogen (secondary N) is 1. The Hall–Kier alpha value is -1.58. The minimum absolute atomic E-state index is 0.0352. The molecule has 0 saturated carbocycles. The molecule has 74 valence electrons. The summed E-state index contributed by atoms with van der Waals surface area (Å²) in [5.74, 6) is 0. The number of carbonyl (C=O) groups excluding carboxylic acids is 1. The molecule has 1 N–H and O–H groups in total. The van der Waals surface area contributed by atoms with E-state index in [0.29, 0.717) is 6.54 Å². The summed E-state index contributed by atoms with van der Waals surface area (Å²) in [4.78, 5) is 17.1. The molecule has 4 heteroatoms. The van der Waals surface area contributed by atoms with Gasteiger partial charge in [-0.3, -0.25) is 4.98 Å². The van der Waals surface area contributed by atoms with E-state index in [-0.39, 0.29) is 6.03 Å². The van der Waals surface area contributed by atoms with Gasteiger partial charge in [-0.1, -0.05) is 0 Å². The van der Waals surface area contributed by atoms with Crippen LogP contribution in [0.25, 0.3) is 0 Å². The summed E-state index contributed by atoms with van der Waals surface area (Å²) in [6.45, 7) is 2.36. The van der Waals surface area contributed by atoms with Gasteiger partial charge in [0.1, 0.15) is 0 Å². The van der Waals surface area contributed by atoms with Crippen LogP contribution in [0.5, 0.6) is 0 Å². The van der Waals surface area contributed by atoms with E-state index in [2.05, 4.69) is 10.3 Å². The lowest BCUT2D eigenvalue weighted by atomic mass is 10.2. The van der Waals surface area contributed by atoms with Crippen molar-refractivity contribution >= 4 is 6.03 Å². The maximum Gasteiger partial charge on any atom is 0.317 e. The highest BCUT2D eigenvalue weighted by Crippen LogP contribution is 2.05. The highest BCUT2D eigenvalue weighted by molar-refractivity contribution is 5.74. The van der Waals surface area contributed by atoms with Crippen LogP contribution in [-0.4, -0.2) is 29.0 Å². The van der Waals surface area contributed by atoms with Crippen LogP contribution in [0.2, 0.25) is 0 Å². The van der Waals surface area contributed by atoms with Crippen molar-refractivity contribution in [2.75, 3.05) is 13.1 Å². The van der Waals surface area contributed by atoms with Crippen molar-refractivity contribution in [3.8, 4) is 0 Å². The summed E-state index contributed by atoms with van der Waals surface area (Å²) >= 11 is 0. The van der Waals surface area contributed by atoms with Crippen molar-refractivity contribution in [3.63, 3.8) is 0 Å². The number of nitrogens with zero attached hydrogens (tertiary/aromatic N) is 2. The zero-order valence-corrected chi connectivity index (χ0v) is 7.94. The molecule has 2 heterocycles. The monoisotopic (exact) mass is 191 g/mol. The van der Waals surface area contributed by atoms with Crippen LogP contribution < -0.4 is 5.32 Å². The lowest BCUT2D eigenvalue weighted by molar-refractivity contribution is 0.167. The van der Waals surface area contributed by atoms with Crippen molar-refractivity contribution in [2.24, 2.45) is 0 Å². The average Bonchev–Trinajstić information content (AvgIpc) is 2.14. The van der Waals surface area contributed by atoms with Crippen LogP contribution in [0.1, 0.15) is 12.0 Å². The molecule has 0 spiro atoms. The maximum atomic E-state index is 11.4. The van der Waals surface area contributed by atoms with Crippen LogP contribution in [0.3, 0.4) is 0 Å². The number of pyridine rings is 1. The Kier molecular flexibility index (Phi) is 2.62. The first-order valence-electron chi connectivity index (χ1n) is 4.78. The van der Waals surface area contributed by atoms with Gasteiger partial charge in [-0.15, -0.1) is 0 Å². The molecule has 0 aromatic carbocycles. The van der Waals surface area contributed by atoms with Gasteiger partial charge in [0, 0.05) is 32.0 Å². The first-order chi connectivity index (χ1) is 6.86. The summed E-state index contributed by atoms with van der Waals surface area (Å²) in [6.07, 6.45) is 4.58. The molecule has 14 heavy (non-hydrogen) atoms. The van der Waals surface area contributed by atoms with Gasteiger partial charge in [0.05, 0.1) is 0 Å². The Balaban J connectivity index is 1.79. The predicted molar refractivity (Wildman–Crippen MR) is 52.7 cm³/mol. The Morgan fingerprint density at radius 2 is 2.14 bits per heavy atom. The second-order valence-corrected chi connectivity index (χ2v) is 3.35. The van der Waals surface area contributed by atoms with Gasteiger partial charge >= 0.3 is 6.03 Å². The highest BCUT2D eigenvalue weighted by atomic mass is 16.2. The molecular weight excluding hydrogens is 178 g/mol. The molecule has 1 saturated heterocycles. The maximum absolute atomic E-state index is 11.4. The van der Waals surface area contributed by atoms with Crippen molar-refractivity contribution in [1.82, 2.24) is 15.2 Å². The Bertz CT molecular complexity index is 308. The predicted octanol–water partition coefficient (Wildman–Crippen LogP) is 0.997. The van der Waals surface area contributed by atoms with Crippen LogP contribution >= 0.6 is 0 Å². The third-order valence-electron chi connectivity index (χ3n) is 2.34. The number of likely N-dealkylation sites (tertiary alicyclic amines) is 1. The molecule has 2 rings (SSSR count). The second-order valence-electron chi connectivity index (χ2n) is 3.35. The standard InChI is InChI=1S/C10H13N3O/c14-10(13-6-1-7-13)12-8-9-2-4-11-5-3-9/h2-5H,1,6-8H2,(H,12,14). The Labute approximate surface area is 82.9 Å². The van der Waals surface area contributed by atoms with Crippen molar-refractivity contribution in [2.45, 2.75) is 13.0 Å². The number of urea groups is 1. The fourth-order valence-corrected chi connectivity index (χ4v) is 1.31. The van der Waals surface area contributed by atoms with Crippen LogP contribution in [0.4, 0.5) is 4.79 Å². The first-order valence-corrected chi connectivity index (χ1v) is 4.78. The number of rotatable bonds is 2. The molecule has 0 bridgehead atoms. The van der Waals surface area contributed by atoms with Gasteiger partial charge in [-0.05, 0) is 24.1 Å². The van der Waals surface area contributed by atoms with E-state index in [1.807, 2.05) is 12.1 Å². The van der Waals surface area contributed by atoms with E-state index in [1.165, 1.54) is 0 Å². The molecular formula is C10H13N3O. The summed E-state index contributed by atoms with van der Waals surface area (Å²) in [6, 6.07) is 3.83. The summed E-state index contributed by atoms with van der Waals surface area (Å²) < 4.78 is 0. The fraction of sp³-hybridized carbons (Fsp3) is 0.400. The second kappa shape index (κ2) is 4.09. The average molecular weight is 191 g/mol. The molecule has 0 atom stereocenters. The number of hydrogen-bond acceptors (Lipinski definition) is 2. The molecule has 1 aliphatic rings. The SMILES string of the molecule is O=C(NCc1ccncc1)N1CCC1. The van der Waals surface area contributed by atoms with E-state index in [1.54, 1.807) is 17.3 Å². The molecule has 1 aromatic heterocycles. The quantitative estimate of drug-likeness (QED) is 0.757. The molecule has 2 amide bonds. The van der Waals surface area contributed by atoms with Gasteiger partial charge in [-0.2, -0.15) is 0 Å².